The van der Waals surface area contributed by atoms with Crippen molar-refractivity contribution in [2.45, 2.75) is 26.4 Å². The minimum atomic E-state index is 0.523. The van der Waals surface area contributed by atoms with Crippen molar-refractivity contribution in [3.05, 3.63) is 29.3 Å². The first-order valence-corrected chi connectivity index (χ1v) is 5.11. The first-order valence-electron chi connectivity index (χ1n) is 5.11. The molecule has 0 N–H and O–H groups in total. The van der Waals surface area contributed by atoms with Gasteiger partial charge in [0.1, 0.15) is 12.4 Å². The lowest BCUT2D eigenvalue weighted by Gasteiger charge is -2.13. The highest BCUT2D eigenvalue weighted by Crippen LogP contribution is 2.29. The highest BCUT2D eigenvalue weighted by Gasteiger charge is 2.14. The second-order valence-corrected chi connectivity index (χ2v) is 3.88. The first-order chi connectivity index (χ1) is 6.79. The number of hydrogen-bond acceptors (Lipinski definition) is 2. The lowest BCUT2D eigenvalue weighted by atomic mass is 9.97. The maximum Gasteiger partial charge on any atom is 0.125 e. The van der Waals surface area contributed by atoms with Crippen LogP contribution < -0.4 is 4.74 Å². The van der Waals surface area contributed by atoms with Crippen LogP contribution in [0.3, 0.4) is 0 Å². The van der Waals surface area contributed by atoms with E-state index < -0.39 is 0 Å². The summed E-state index contributed by atoms with van der Waals surface area (Å²) in [6, 6.07) is 6.23. The number of hydrogen-bond donors (Lipinski definition) is 0. The third-order valence-electron chi connectivity index (χ3n) is 2.52. The molecule has 76 valence electrons. The van der Waals surface area contributed by atoms with Gasteiger partial charge >= 0.3 is 0 Å². The van der Waals surface area contributed by atoms with Crippen LogP contribution in [0.25, 0.3) is 0 Å². The van der Waals surface area contributed by atoms with Gasteiger partial charge in [-0.1, -0.05) is 26.0 Å². The van der Waals surface area contributed by atoms with Crippen molar-refractivity contribution in [1.29, 1.82) is 0 Å². The van der Waals surface area contributed by atoms with Crippen LogP contribution in [0.1, 0.15) is 30.9 Å². The molecule has 0 saturated heterocycles. The molecule has 1 aromatic carbocycles. The monoisotopic (exact) mass is 192 g/mol. The van der Waals surface area contributed by atoms with Gasteiger partial charge in [0, 0.05) is 5.56 Å². The van der Waals surface area contributed by atoms with Crippen molar-refractivity contribution >= 4 is 0 Å². The molecular formula is C12H16O2. The first kappa shape index (κ1) is 9.53. The lowest BCUT2D eigenvalue weighted by Crippen LogP contribution is -2.00. The summed E-state index contributed by atoms with van der Waals surface area (Å²) >= 11 is 0. The van der Waals surface area contributed by atoms with Crippen LogP contribution in [-0.2, 0) is 11.3 Å². The van der Waals surface area contributed by atoms with Gasteiger partial charge < -0.3 is 9.47 Å². The van der Waals surface area contributed by atoms with E-state index in [0.717, 1.165) is 5.75 Å². The Morgan fingerprint density at radius 3 is 2.86 bits per heavy atom. The van der Waals surface area contributed by atoms with E-state index in [1.54, 1.807) is 0 Å². The third-order valence-corrected chi connectivity index (χ3v) is 2.52. The van der Waals surface area contributed by atoms with Crippen LogP contribution in [0.5, 0.6) is 5.75 Å². The summed E-state index contributed by atoms with van der Waals surface area (Å²) in [4.78, 5) is 0. The van der Waals surface area contributed by atoms with Crippen molar-refractivity contribution in [2.24, 2.45) is 0 Å². The van der Waals surface area contributed by atoms with Crippen molar-refractivity contribution in [1.82, 2.24) is 0 Å². The molecule has 0 saturated carbocycles. The quantitative estimate of drug-likeness (QED) is 0.681. The fraction of sp³-hybridized carbons (Fsp3) is 0.500. The molecule has 0 atom stereocenters. The fourth-order valence-electron chi connectivity index (χ4n) is 1.80. The molecule has 2 nitrogen and oxygen atoms in total. The minimum Gasteiger partial charge on any atom is -0.491 e. The average Bonchev–Trinajstić information content (AvgIpc) is 2.41. The van der Waals surface area contributed by atoms with Crippen molar-refractivity contribution in [3.8, 4) is 5.75 Å². The van der Waals surface area contributed by atoms with Gasteiger partial charge in [-0.25, -0.2) is 0 Å². The molecule has 0 aromatic heterocycles. The Balaban J connectivity index is 2.42. The lowest BCUT2D eigenvalue weighted by molar-refractivity contribution is 0.106. The summed E-state index contributed by atoms with van der Waals surface area (Å²) in [6.07, 6.45) is 0. The van der Waals surface area contributed by atoms with Crippen molar-refractivity contribution < 1.29 is 9.47 Å². The molecule has 0 fully saturated rings. The number of rotatable bonds is 1. The SMILES string of the molecule is CC(C)c1cccc2c1COCCO2. The molecule has 0 unspecified atom stereocenters. The zero-order chi connectivity index (χ0) is 9.97. The predicted octanol–water partition coefficient (Wildman–Crippen LogP) is 2.72. The molecule has 14 heavy (non-hydrogen) atoms. The molecule has 2 heteroatoms. The van der Waals surface area contributed by atoms with Crippen LogP contribution in [0.4, 0.5) is 0 Å². The maximum atomic E-state index is 5.61. The van der Waals surface area contributed by atoms with Gasteiger partial charge in [0.2, 0.25) is 0 Å². The molecule has 0 aliphatic carbocycles. The van der Waals surface area contributed by atoms with Gasteiger partial charge in [0.25, 0.3) is 0 Å². The van der Waals surface area contributed by atoms with E-state index >= 15 is 0 Å². The molecule has 0 bridgehead atoms. The van der Waals surface area contributed by atoms with Crippen LogP contribution in [-0.4, -0.2) is 13.2 Å². The molecule has 0 spiro atoms. The van der Waals surface area contributed by atoms with Gasteiger partial charge in [0.05, 0.1) is 13.2 Å². The van der Waals surface area contributed by atoms with Gasteiger partial charge in [-0.2, -0.15) is 0 Å². The zero-order valence-electron chi connectivity index (χ0n) is 8.75. The number of ether oxygens (including phenoxy) is 2. The zero-order valence-corrected chi connectivity index (χ0v) is 8.75. The Morgan fingerprint density at radius 2 is 2.07 bits per heavy atom. The topological polar surface area (TPSA) is 18.5 Å². The fourth-order valence-corrected chi connectivity index (χ4v) is 1.80. The average molecular weight is 192 g/mol. The Morgan fingerprint density at radius 1 is 1.21 bits per heavy atom. The molecule has 1 aliphatic heterocycles. The van der Waals surface area contributed by atoms with Crippen molar-refractivity contribution in [2.75, 3.05) is 13.2 Å². The van der Waals surface area contributed by atoms with E-state index in [4.69, 9.17) is 9.47 Å². The van der Waals surface area contributed by atoms with Gasteiger partial charge in [-0.15, -0.1) is 0 Å². The van der Waals surface area contributed by atoms with Crippen LogP contribution in [0.2, 0.25) is 0 Å². The Kier molecular flexibility index (Phi) is 2.73. The van der Waals surface area contributed by atoms with Crippen molar-refractivity contribution in [3.63, 3.8) is 0 Å². The summed E-state index contributed by atoms with van der Waals surface area (Å²) in [6.45, 7) is 6.42. The summed E-state index contributed by atoms with van der Waals surface area (Å²) in [7, 11) is 0. The van der Waals surface area contributed by atoms with E-state index in [9.17, 15) is 0 Å². The largest absolute Gasteiger partial charge is 0.491 e. The smallest absolute Gasteiger partial charge is 0.125 e. The Bertz CT molecular complexity index is 318. The van der Waals surface area contributed by atoms with E-state index in [-0.39, 0.29) is 0 Å². The maximum absolute atomic E-state index is 5.61. The van der Waals surface area contributed by atoms with E-state index in [2.05, 4.69) is 26.0 Å². The van der Waals surface area contributed by atoms with Gasteiger partial charge in [-0.3, -0.25) is 0 Å². The molecule has 1 heterocycles. The highest BCUT2D eigenvalue weighted by molar-refractivity contribution is 5.41. The molecular weight excluding hydrogens is 176 g/mol. The summed E-state index contributed by atoms with van der Waals surface area (Å²) in [5, 5.41) is 0. The minimum absolute atomic E-state index is 0.523. The van der Waals surface area contributed by atoms with Crippen LogP contribution in [0, 0.1) is 0 Å². The summed E-state index contributed by atoms with van der Waals surface area (Å²) in [5.74, 6) is 1.52. The van der Waals surface area contributed by atoms with Gasteiger partial charge in [-0.05, 0) is 17.5 Å². The second kappa shape index (κ2) is 4.01. The molecule has 0 amide bonds. The standard InChI is InChI=1S/C12H16O2/c1-9(2)10-4-3-5-12-11(10)8-13-6-7-14-12/h3-5,9H,6-8H2,1-2H3. The predicted molar refractivity (Wildman–Crippen MR) is 55.7 cm³/mol. The molecule has 1 aliphatic rings. The molecule has 0 radical (unpaired) electrons. The van der Waals surface area contributed by atoms with E-state index in [0.29, 0.717) is 25.7 Å². The number of fused-ring (bicyclic) bond motifs is 1. The second-order valence-electron chi connectivity index (χ2n) is 3.88. The van der Waals surface area contributed by atoms with E-state index in [1.807, 2.05) is 6.07 Å². The third kappa shape index (κ3) is 1.75. The normalized spacial score (nSPS) is 15.9. The highest BCUT2D eigenvalue weighted by atomic mass is 16.5. The van der Waals surface area contributed by atoms with Crippen LogP contribution in [0.15, 0.2) is 18.2 Å². The summed E-state index contributed by atoms with van der Waals surface area (Å²) in [5.41, 5.74) is 2.56. The summed E-state index contributed by atoms with van der Waals surface area (Å²) < 4.78 is 11.1. The van der Waals surface area contributed by atoms with Crippen LogP contribution >= 0.6 is 0 Å². The van der Waals surface area contributed by atoms with E-state index in [1.165, 1.54) is 11.1 Å². The molecule has 2 rings (SSSR count). The molecule has 1 aromatic rings. The Labute approximate surface area is 84.8 Å². The number of benzene rings is 1. The van der Waals surface area contributed by atoms with Gasteiger partial charge in [0.15, 0.2) is 0 Å². The Hall–Kier alpha value is -1.02.